The molecule has 3 N–H and O–H groups in total. The molecule has 0 saturated carbocycles. The van der Waals surface area contributed by atoms with Crippen molar-refractivity contribution >= 4 is 30.7 Å². The molecule has 8 heteroatoms. The quantitative estimate of drug-likeness (QED) is 0.756. The van der Waals surface area contributed by atoms with Crippen LogP contribution in [0.2, 0.25) is 0 Å². The molecule has 1 unspecified atom stereocenters. The van der Waals surface area contributed by atoms with Gasteiger partial charge in [-0.15, -0.1) is 24.8 Å². The molecule has 1 fully saturated rings. The number of nitrogens with zero attached hydrogens (tertiary/aromatic N) is 2. The SMILES string of the molecule is Cl.Cl.NCc1nc(C(=O)NCC(c2ccccc2)N2CCCCCC2)co1. The monoisotopic (exact) mass is 414 g/mol. The maximum Gasteiger partial charge on any atom is 0.273 e. The molecule has 0 spiro atoms. The van der Waals surface area contributed by atoms with Crippen LogP contribution in [0.3, 0.4) is 0 Å². The van der Waals surface area contributed by atoms with Gasteiger partial charge in [0.2, 0.25) is 5.89 Å². The minimum absolute atomic E-state index is 0. The highest BCUT2D eigenvalue weighted by Crippen LogP contribution is 2.23. The second-order valence-corrected chi connectivity index (χ2v) is 6.42. The summed E-state index contributed by atoms with van der Waals surface area (Å²) in [5.41, 5.74) is 6.99. The Balaban J connectivity index is 0.00000182. The average Bonchev–Trinajstić information content (AvgIpc) is 2.99. The highest BCUT2D eigenvalue weighted by atomic mass is 35.5. The second kappa shape index (κ2) is 12.0. The Bertz CT molecular complexity index is 673. The van der Waals surface area contributed by atoms with Crippen molar-refractivity contribution in [3.8, 4) is 0 Å². The molecule has 1 aliphatic rings. The van der Waals surface area contributed by atoms with E-state index in [1.54, 1.807) is 0 Å². The van der Waals surface area contributed by atoms with Crippen molar-refractivity contribution < 1.29 is 9.21 Å². The van der Waals surface area contributed by atoms with Crippen molar-refractivity contribution in [2.24, 2.45) is 5.73 Å². The molecule has 6 nitrogen and oxygen atoms in total. The van der Waals surface area contributed by atoms with Crippen LogP contribution >= 0.6 is 24.8 Å². The van der Waals surface area contributed by atoms with Gasteiger partial charge in [0.25, 0.3) is 5.91 Å². The molecule has 1 amide bonds. The second-order valence-electron chi connectivity index (χ2n) is 6.42. The lowest BCUT2D eigenvalue weighted by atomic mass is 10.0. The van der Waals surface area contributed by atoms with Crippen LogP contribution < -0.4 is 11.1 Å². The minimum atomic E-state index is -0.223. The van der Waals surface area contributed by atoms with Gasteiger partial charge >= 0.3 is 0 Å². The number of nitrogens with two attached hydrogens (primary N) is 1. The van der Waals surface area contributed by atoms with Gasteiger partial charge < -0.3 is 15.5 Å². The number of likely N-dealkylation sites (tertiary alicyclic amines) is 1. The lowest BCUT2D eigenvalue weighted by molar-refractivity contribution is 0.0928. The largest absolute Gasteiger partial charge is 0.447 e. The lowest BCUT2D eigenvalue weighted by Gasteiger charge is -2.31. The first kappa shape index (κ1) is 23.4. The molecule has 2 heterocycles. The predicted octanol–water partition coefficient (Wildman–Crippen LogP) is 3.32. The standard InChI is InChI=1S/C19H26N4O2.2ClH/c20-12-18-22-16(14-25-18)19(24)21-13-17(15-8-4-3-5-9-15)23-10-6-1-2-7-11-23;;/h3-5,8-9,14,17H,1-2,6-7,10-13,20H2,(H,21,24);2*1H. The first-order valence-electron chi connectivity index (χ1n) is 8.99. The number of amides is 1. The summed E-state index contributed by atoms with van der Waals surface area (Å²) in [6.45, 7) is 2.87. The van der Waals surface area contributed by atoms with E-state index in [2.05, 4.69) is 27.3 Å². The molecular weight excluding hydrogens is 387 g/mol. The van der Waals surface area contributed by atoms with Crippen LogP contribution in [0.25, 0.3) is 0 Å². The van der Waals surface area contributed by atoms with Crippen molar-refractivity contribution in [2.45, 2.75) is 38.3 Å². The van der Waals surface area contributed by atoms with E-state index >= 15 is 0 Å². The molecule has 1 aromatic heterocycles. The molecule has 1 atom stereocenters. The van der Waals surface area contributed by atoms with Crippen LogP contribution in [-0.2, 0) is 6.54 Å². The number of oxazole rings is 1. The number of rotatable bonds is 6. The number of hydrogen-bond acceptors (Lipinski definition) is 5. The maximum absolute atomic E-state index is 12.4. The number of hydrogen-bond donors (Lipinski definition) is 2. The molecule has 1 aliphatic heterocycles. The van der Waals surface area contributed by atoms with Crippen molar-refractivity contribution in [2.75, 3.05) is 19.6 Å². The van der Waals surface area contributed by atoms with Gasteiger partial charge in [-0.25, -0.2) is 4.98 Å². The van der Waals surface area contributed by atoms with Gasteiger partial charge in [-0.3, -0.25) is 9.69 Å². The number of benzene rings is 1. The highest BCUT2D eigenvalue weighted by Gasteiger charge is 2.22. The van der Waals surface area contributed by atoms with Crippen LogP contribution in [0.15, 0.2) is 41.0 Å². The summed E-state index contributed by atoms with van der Waals surface area (Å²) in [5.74, 6) is 0.150. The third-order valence-electron chi connectivity index (χ3n) is 4.68. The van der Waals surface area contributed by atoms with Crippen LogP contribution in [-0.4, -0.2) is 35.4 Å². The fourth-order valence-corrected chi connectivity index (χ4v) is 3.33. The van der Waals surface area contributed by atoms with Gasteiger partial charge in [0.15, 0.2) is 5.69 Å². The molecule has 1 aromatic carbocycles. The van der Waals surface area contributed by atoms with Gasteiger partial charge in [0, 0.05) is 6.54 Å². The first-order chi connectivity index (χ1) is 12.3. The third kappa shape index (κ3) is 6.50. The van der Waals surface area contributed by atoms with E-state index in [0.29, 0.717) is 12.4 Å². The maximum atomic E-state index is 12.4. The summed E-state index contributed by atoms with van der Waals surface area (Å²) in [4.78, 5) is 18.9. The molecule has 150 valence electrons. The average molecular weight is 415 g/mol. The van der Waals surface area contributed by atoms with Crippen molar-refractivity contribution in [3.05, 3.63) is 53.7 Å². The fraction of sp³-hybridized carbons (Fsp3) is 0.474. The first-order valence-corrected chi connectivity index (χ1v) is 8.99. The summed E-state index contributed by atoms with van der Waals surface area (Å²) in [6.07, 6.45) is 6.35. The van der Waals surface area contributed by atoms with Crippen molar-refractivity contribution in [1.82, 2.24) is 15.2 Å². The van der Waals surface area contributed by atoms with Gasteiger partial charge in [0.05, 0.1) is 12.6 Å². The van der Waals surface area contributed by atoms with Crippen LogP contribution in [0, 0.1) is 0 Å². The number of carbonyl (C=O) groups is 1. The van der Waals surface area contributed by atoms with E-state index in [9.17, 15) is 4.79 Å². The minimum Gasteiger partial charge on any atom is -0.447 e. The molecule has 27 heavy (non-hydrogen) atoms. The Hall–Kier alpha value is -1.60. The molecule has 3 rings (SSSR count). The fourth-order valence-electron chi connectivity index (χ4n) is 3.33. The molecule has 2 aromatic rings. The van der Waals surface area contributed by atoms with E-state index in [1.807, 2.05) is 18.2 Å². The molecule has 0 radical (unpaired) electrons. The summed E-state index contributed by atoms with van der Waals surface area (Å²) in [7, 11) is 0. The number of halogens is 2. The Labute approximate surface area is 172 Å². The van der Waals surface area contributed by atoms with E-state index in [1.165, 1.54) is 37.5 Å². The summed E-state index contributed by atoms with van der Waals surface area (Å²) in [5, 5.41) is 3.01. The van der Waals surface area contributed by atoms with Crippen LogP contribution in [0.1, 0.15) is 53.7 Å². The Morgan fingerprint density at radius 1 is 1.15 bits per heavy atom. The van der Waals surface area contributed by atoms with Crippen LogP contribution in [0.5, 0.6) is 0 Å². The number of nitrogens with one attached hydrogen (secondary N) is 1. The zero-order valence-corrected chi connectivity index (χ0v) is 16.9. The van der Waals surface area contributed by atoms with E-state index in [0.717, 1.165) is 13.1 Å². The van der Waals surface area contributed by atoms with Crippen LogP contribution in [0.4, 0.5) is 0 Å². The number of carbonyl (C=O) groups excluding carboxylic acids is 1. The Morgan fingerprint density at radius 2 is 1.81 bits per heavy atom. The zero-order chi connectivity index (χ0) is 17.5. The summed E-state index contributed by atoms with van der Waals surface area (Å²) >= 11 is 0. The molecular formula is C19H28Cl2N4O2. The van der Waals surface area contributed by atoms with Crippen molar-refractivity contribution in [1.29, 1.82) is 0 Å². The van der Waals surface area contributed by atoms with E-state index < -0.39 is 0 Å². The van der Waals surface area contributed by atoms with Gasteiger partial charge in [-0.2, -0.15) is 0 Å². The summed E-state index contributed by atoms with van der Waals surface area (Å²) < 4.78 is 5.15. The smallest absolute Gasteiger partial charge is 0.273 e. The van der Waals surface area contributed by atoms with E-state index in [-0.39, 0.29) is 49.0 Å². The van der Waals surface area contributed by atoms with Gasteiger partial charge in [-0.05, 0) is 31.5 Å². The molecule has 0 aliphatic carbocycles. The predicted molar refractivity (Wildman–Crippen MR) is 110 cm³/mol. The number of aromatic nitrogens is 1. The normalized spacial score (nSPS) is 15.7. The van der Waals surface area contributed by atoms with Gasteiger partial charge in [0.1, 0.15) is 6.26 Å². The molecule has 1 saturated heterocycles. The Morgan fingerprint density at radius 3 is 2.41 bits per heavy atom. The van der Waals surface area contributed by atoms with E-state index in [4.69, 9.17) is 10.2 Å². The highest BCUT2D eigenvalue weighted by molar-refractivity contribution is 5.91. The van der Waals surface area contributed by atoms with Crippen molar-refractivity contribution in [3.63, 3.8) is 0 Å². The lowest BCUT2D eigenvalue weighted by Crippen LogP contribution is -2.38. The third-order valence-corrected chi connectivity index (χ3v) is 4.68. The van der Waals surface area contributed by atoms with Gasteiger partial charge in [-0.1, -0.05) is 43.2 Å². The molecule has 0 bridgehead atoms. The topological polar surface area (TPSA) is 84.4 Å². The zero-order valence-electron chi connectivity index (χ0n) is 15.3. The Kier molecular flexibility index (Phi) is 10.4. The summed E-state index contributed by atoms with van der Waals surface area (Å²) in [6, 6.07) is 10.5.